The van der Waals surface area contributed by atoms with E-state index in [1.807, 2.05) is 0 Å². The van der Waals surface area contributed by atoms with E-state index in [9.17, 15) is 10.1 Å². The van der Waals surface area contributed by atoms with Crippen LogP contribution in [0.4, 0.5) is 5.69 Å². The van der Waals surface area contributed by atoms with Gasteiger partial charge in [-0.1, -0.05) is 11.6 Å². The number of hydrogen-bond donors (Lipinski definition) is 1. The van der Waals surface area contributed by atoms with E-state index in [-0.39, 0.29) is 16.7 Å². The second-order valence-electron chi connectivity index (χ2n) is 3.55. The van der Waals surface area contributed by atoms with Crippen LogP contribution >= 0.6 is 11.6 Å². The molecule has 0 radical (unpaired) electrons. The Morgan fingerprint density at radius 1 is 1.37 bits per heavy atom. The number of nitro groups is 1. The van der Waals surface area contributed by atoms with Gasteiger partial charge in [0, 0.05) is 36.6 Å². The Hall–Kier alpha value is -2.25. The predicted octanol–water partition coefficient (Wildman–Crippen LogP) is 2.29. The van der Waals surface area contributed by atoms with Crippen molar-refractivity contribution in [2.45, 2.75) is 6.54 Å². The summed E-state index contributed by atoms with van der Waals surface area (Å²) in [5.41, 5.74) is 6.00. The maximum absolute atomic E-state index is 10.6. The molecular formula is C11H9ClN4O3. The van der Waals surface area contributed by atoms with Gasteiger partial charge in [0.1, 0.15) is 10.8 Å². The second kappa shape index (κ2) is 5.59. The maximum atomic E-state index is 10.6. The lowest BCUT2D eigenvalue weighted by molar-refractivity contribution is -0.384. The lowest BCUT2D eigenvalue weighted by Crippen LogP contribution is -1.99. The molecule has 0 aliphatic rings. The molecule has 0 fully saturated rings. The molecule has 2 aromatic rings. The van der Waals surface area contributed by atoms with Crippen LogP contribution in [-0.2, 0) is 6.54 Å². The molecule has 8 heteroatoms. The van der Waals surface area contributed by atoms with Crippen molar-refractivity contribution < 1.29 is 9.66 Å². The summed E-state index contributed by atoms with van der Waals surface area (Å²) in [7, 11) is 0. The number of halogens is 1. The summed E-state index contributed by atoms with van der Waals surface area (Å²) in [4.78, 5) is 17.9. The van der Waals surface area contributed by atoms with Gasteiger partial charge in [-0.3, -0.25) is 10.1 Å². The van der Waals surface area contributed by atoms with Crippen molar-refractivity contribution in [1.82, 2.24) is 9.97 Å². The van der Waals surface area contributed by atoms with Gasteiger partial charge in [0.2, 0.25) is 0 Å². The highest BCUT2D eigenvalue weighted by Gasteiger charge is 2.13. The Morgan fingerprint density at radius 3 is 2.58 bits per heavy atom. The van der Waals surface area contributed by atoms with Crippen molar-refractivity contribution in [2.24, 2.45) is 5.73 Å². The lowest BCUT2D eigenvalue weighted by Gasteiger charge is -2.04. The molecule has 2 N–H and O–H groups in total. The Balaban J connectivity index is 2.18. The molecule has 0 spiro atoms. The average Bonchev–Trinajstić information content (AvgIpc) is 2.39. The first kappa shape index (κ1) is 13.2. The van der Waals surface area contributed by atoms with E-state index in [1.54, 1.807) is 0 Å². The van der Waals surface area contributed by atoms with Gasteiger partial charge in [-0.05, 0) is 6.07 Å². The van der Waals surface area contributed by atoms with Crippen LogP contribution in [0.1, 0.15) is 5.56 Å². The second-order valence-corrected chi connectivity index (χ2v) is 3.96. The third kappa shape index (κ3) is 3.15. The van der Waals surface area contributed by atoms with Gasteiger partial charge in [0.05, 0.1) is 4.92 Å². The molecule has 0 unspecified atom stereocenters. The zero-order valence-corrected chi connectivity index (χ0v) is 10.4. The first-order valence-electron chi connectivity index (χ1n) is 5.23. The first-order chi connectivity index (χ1) is 9.10. The maximum Gasteiger partial charge on any atom is 0.321 e. The Kier molecular flexibility index (Phi) is 3.88. The highest BCUT2D eigenvalue weighted by atomic mass is 35.5. The monoisotopic (exact) mass is 280 g/mol. The average molecular weight is 281 g/mol. The minimum absolute atomic E-state index is 0.0129. The minimum Gasteiger partial charge on any atom is -0.424 e. The van der Waals surface area contributed by atoms with Crippen LogP contribution in [0.5, 0.6) is 11.8 Å². The number of nitro benzene ring substituents is 1. The number of aromatic nitrogens is 2. The van der Waals surface area contributed by atoms with Crippen molar-refractivity contribution in [3.05, 3.63) is 51.3 Å². The van der Waals surface area contributed by atoms with Crippen LogP contribution in [0.2, 0.25) is 5.02 Å². The summed E-state index contributed by atoms with van der Waals surface area (Å²) in [6.07, 6.45) is 3.07. The number of nitrogens with two attached hydrogens (primary N) is 1. The molecule has 1 heterocycles. The summed E-state index contributed by atoms with van der Waals surface area (Å²) in [5, 5.41) is 10.6. The standard InChI is InChI=1S/C11H9ClN4O3/c12-9-3-8(1-2-10(9)16(17)18)19-11-14-5-7(4-13)6-15-11/h1-3,5-6H,4,13H2. The van der Waals surface area contributed by atoms with Crippen molar-refractivity contribution >= 4 is 17.3 Å². The van der Waals surface area contributed by atoms with E-state index in [0.29, 0.717) is 12.3 Å². The van der Waals surface area contributed by atoms with Gasteiger partial charge in [-0.15, -0.1) is 0 Å². The number of rotatable bonds is 4. The van der Waals surface area contributed by atoms with Crippen molar-refractivity contribution in [3.8, 4) is 11.8 Å². The molecule has 0 aliphatic heterocycles. The fourth-order valence-corrected chi connectivity index (χ4v) is 1.55. The SMILES string of the molecule is NCc1cnc(Oc2ccc([N+](=O)[O-])c(Cl)c2)nc1. The van der Waals surface area contributed by atoms with Crippen LogP contribution in [0.3, 0.4) is 0 Å². The lowest BCUT2D eigenvalue weighted by atomic mass is 10.3. The normalized spacial score (nSPS) is 10.2. The summed E-state index contributed by atoms with van der Waals surface area (Å²) in [6.45, 7) is 0.337. The van der Waals surface area contributed by atoms with Crippen LogP contribution in [-0.4, -0.2) is 14.9 Å². The highest BCUT2D eigenvalue weighted by molar-refractivity contribution is 6.32. The quantitative estimate of drug-likeness (QED) is 0.680. The van der Waals surface area contributed by atoms with Gasteiger partial charge in [0.25, 0.3) is 5.69 Å². The number of ether oxygens (including phenoxy) is 1. The molecule has 0 saturated carbocycles. The van der Waals surface area contributed by atoms with E-state index in [2.05, 4.69) is 9.97 Å². The van der Waals surface area contributed by atoms with E-state index < -0.39 is 4.92 Å². The molecule has 0 aliphatic carbocycles. The number of nitrogens with zero attached hydrogens (tertiary/aromatic N) is 3. The molecule has 0 bridgehead atoms. The number of hydrogen-bond acceptors (Lipinski definition) is 6. The fraction of sp³-hybridized carbons (Fsp3) is 0.0909. The predicted molar refractivity (Wildman–Crippen MR) is 68.1 cm³/mol. The van der Waals surface area contributed by atoms with Crippen LogP contribution in [0.25, 0.3) is 0 Å². The smallest absolute Gasteiger partial charge is 0.321 e. The summed E-state index contributed by atoms with van der Waals surface area (Å²) < 4.78 is 5.32. The van der Waals surface area contributed by atoms with Crippen LogP contribution in [0.15, 0.2) is 30.6 Å². The zero-order chi connectivity index (χ0) is 13.8. The minimum atomic E-state index is -0.571. The molecule has 2 rings (SSSR count). The Labute approximate surface area is 113 Å². The van der Waals surface area contributed by atoms with E-state index in [4.69, 9.17) is 22.1 Å². The van der Waals surface area contributed by atoms with Gasteiger partial charge in [-0.25, -0.2) is 9.97 Å². The van der Waals surface area contributed by atoms with Gasteiger partial charge in [-0.2, -0.15) is 0 Å². The molecule has 98 valence electrons. The number of benzene rings is 1. The van der Waals surface area contributed by atoms with Crippen LogP contribution in [0, 0.1) is 10.1 Å². The van der Waals surface area contributed by atoms with E-state index in [1.165, 1.54) is 30.6 Å². The summed E-state index contributed by atoms with van der Waals surface area (Å²) in [6, 6.07) is 4.12. The Bertz CT molecular complexity index is 603. The van der Waals surface area contributed by atoms with Crippen molar-refractivity contribution in [2.75, 3.05) is 0 Å². The summed E-state index contributed by atoms with van der Waals surface area (Å²) in [5.74, 6) is 0.316. The summed E-state index contributed by atoms with van der Waals surface area (Å²) >= 11 is 5.76. The fourth-order valence-electron chi connectivity index (χ4n) is 1.31. The molecule has 19 heavy (non-hydrogen) atoms. The zero-order valence-electron chi connectivity index (χ0n) is 9.62. The molecule has 7 nitrogen and oxygen atoms in total. The topological polar surface area (TPSA) is 104 Å². The third-order valence-electron chi connectivity index (χ3n) is 2.24. The largest absolute Gasteiger partial charge is 0.424 e. The van der Waals surface area contributed by atoms with Crippen molar-refractivity contribution in [3.63, 3.8) is 0 Å². The highest BCUT2D eigenvalue weighted by Crippen LogP contribution is 2.29. The van der Waals surface area contributed by atoms with Gasteiger partial charge < -0.3 is 10.5 Å². The molecule has 0 amide bonds. The van der Waals surface area contributed by atoms with Gasteiger partial charge >= 0.3 is 6.01 Å². The van der Waals surface area contributed by atoms with E-state index in [0.717, 1.165) is 5.56 Å². The molecule has 1 aromatic carbocycles. The molecule has 0 saturated heterocycles. The van der Waals surface area contributed by atoms with Crippen molar-refractivity contribution in [1.29, 1.82) is 0 Å². The van der Waals surface area contributed by atoms with Crippen LogP contribution < -0.4 is 10.5 Å². The van der Waals surface area contributed by atoms with Gasteiger partial charge in [0.15, 0.2) is 0 Å². The van der Waals surface area contributed by atoms with E-state index >= 15 is 0 Å². The molecule has 0 atom stereocenters. The first-order valence-corrected chi connectivity index (χ1v) is 5.60. The molecular weight excluding hydrogens is 272 g/mol. The molecule has 1 aromatic heterocycles. The Morgan fingerprint density at radius 2 is 2.05 bits per heavy atom. The third-order valence-corrected chi connectivity index (χ3v) is 2.55.